The fraction of sp³-hybridized carbons (Fsp3) is 0.190. The molecule has 0 bridgehead atoms. The number of benzene rings is 2. The van der Waals surface area contributed by atoms with Gasteiger partial charge >= 0.3 is 0 Å². The molecular weight excluding hydrogens is 354 g/mol. The van der Waals surface area contributed by atoms with Gasteiger partial charge in [-0.2, -0.15) is 0 Å². The molecule has 1 amide bonds. The molecule has 0 fully saturated rings. The lowest BCUT2D eigenvalue weighted by Crippen LogP contribution is -2.06. The summed E-state index contributed by atoms with van der Waals surface area (Å²) in [5.74, 6) is 2.83. The Labute approximate surface area is 164 Å². The largest absolute Gasteiger partial charge is 0.497 e. The first-order valence-electron chi connectivity index (χ1n) is 8.89. The van der Waals surface area contributed by atoms with E-state index in [9.17, 15) is 4.79 Å². The summed E-state index contributed by atoms with van der Waals surface area (Å²) >= 11 is 0. The third kappa shape index (κ3) is 5.44. The van der Waals surface area contributed by atoms with Gasteiger partial charge in [-0.15, -0.1) is 0 Å². The van der Waals surface area contributed by atoms with Crippen LogP contribution >= 0.6 is 0 Å². The number of hydrogen-bond acceptors (Lipinski definition) is 6. The van der Waals surface area contributed by atoms with Crippen molar-refractivity contribution in [2.75, 3.05) is 23.1 Å². The number of aryl methyl sites for hydroxylation is 1. The molecule has 0 atom stereocenters. The quantitative estimate of drug-likeness (QED) is 0.574. The molecule has 0 aliphatic rings. The summed E-state index contributed by atoms with van der Waals surface area (Å²) in [5.41, 5.74) is 2.74. The van der Waals surface area contributed by atoms with Crippen molar-refractivity contribution in [3.63, 3.8) is 0 Å². The average molecular weight is 377 g/mol. The number of ether oxygens (including phenoxy) is 1. The third-order valence-corrected chi connectivity index (χ3v) is 3.95. The minimum atomic E-state index is -0.0975. The van der Waals surface area contributed by atoms with E-state index in [2.05, 4.69) is 25.9 Å². The van der Waals surface area contributed by atoms with E-state index < -0.39 is 0 Å². The van der Waals surface area contributed by atoms with E-state index in [1.165, 1.54) is 6.92 Å². The number of methoxy groups -OCH3 is 1. The molecule has 3 rings (SSSR count). The molecule has 0 unspecified atom stereocenters. The Morgan fingerprint density at radius 3 is 2.25 bits per heavy atom. The fourth-order valence-corrected chi connectivity index (χ4v) is 2.65. The van der Waals surface area contributed by atoms with E-state index >= 15 is 0 Å². The molecule has 3 aromatic rings. The van der Waals surface area contributed by atoms with Crippen molar-refractivity contribution in [3.05, 3.63) is 66.0 Å². The molecule has 0 aliphatic heterocycles. The average Bonchev–Trinajstić information content (AvgIpc) is 2.67. The lowest BCUT2D eigenvalue weighted by atomic mass is 10.2. The molecule has 7 heteroatoms. The molecule has 1 heterocycles. The normalized spacial score (nSPS) is 10.2. The first-order valence-corrected chi connectivity index (χ1v) is 8.89. The van der Waals surface area contributed by atoms with Gasteiger partial charge in [-0.1, -0.05) is 12.1 Å². The summed E-state index contributed by atoms with van der Waals surface area (Å²) < 4.78 is 5.18. The lowest BCUT2D eigenvalue weighted by molar-refractivity contribution is -0.114. The second-order valence-electron chi connectivity index (χ2n) is 6.27. The molecule has 0 aliphatic carbocycles. The zero-order chi connectivity index (χ0) is 19.9. The van der Waals surface area contributed by atoms with Gasteiger partial charge < -0.3 is 20.7 Å². The van der Waals surface area contributed by atoms with Gasteiger partial charge in [-0.25, -0.2) is 9.97 Å². The lowest BCUT2D eigenvalue weighted by Gasteiger charge is -2.11. The number of rotatable bonds is 7. The molecule has 2 aromatic carbocycles. The van der Waals surface area contributed by atoms with Crippen molar-refractivity contribution in [2.45, 2.75) is 20.4 Å². The highest BCUT2D eigenvalue weighted by Crippen LogP contribution is 2.20. The van der Waals surface area contributed by atoms with Gasteiger partial charge in [0.15, 0.2) is 0 Å². The van der Waals surface area contributed by atoms with Crippen molar-refractivity contribution in [3.8, 4) is 5.75 Å². The first-order chi connectivity index (χ1) is 13.5. The molecule has 144 valence electrons. The molecule has 0 radical (unpaired) electrons. The minimum absolute atomic E-state index is 0.0975. The third-order valence-electron chi connectivity index (χ3n) is 3.95. The van der Waals surface area contributed by atoms with Crippen LogP contribution < -0.4 is 20.7 Å². The highest BCUT2D eigenvalue weighted by Gasteiger charge is 2.04. The van der Waals surface area contributed by atoms with Crippen LogP contribution in [0.3, 0.4) is 0 Å². The molecule has 28 heavy (non-hydrogen) atoms. The van der Waals surface area contributed by atoms with Crippen LogP contribution in [-0.4, -0.2) is 23.0 Å². The maximum absolute atomic E-state index is 11.1. The Morgan fingerprint density at radius 2 is 1.61 bits per heavy atom. The van der Waals surface area contributed by atoms with Gasteiger partial charge in [0.25, 0.3) is 0 Å². The summed E-state index contributed by atoms with van der Waals surface area (Å²) in [5, 5.41) is 9.32. The van der Waals surface area contributed by atoms with E-state index in [4.69, 9.17) is 4.74 Å². The number of hydrogen-bond donors (Lipinski definition) is 3. The maximum atomic E-state index is 11.1. The summed E-state index contributed by atoms with van der Waals surface area (Å²) in [6, 6.07) is 17.2. The second kappa shape index (κ2) is 8.85. The zero-order valence-electron chi connectivity index (χ0n) is 16.1. The van der Waals surface area contributed by atoms with Crippen LogP contribution in [0.25, 0.3) is 0 Å². The second-order valence-corrected chi connectivity index (χ2v) is 6.27. The summed E-state index contributed by atoms with van der Waals surface area (Å²) in [4.78, 5) is 20.0. The minimum Gasteiger partial charge on any atom is -0.497 e. The van der Waals surface area contributed by atoms with Gasteiger partial charge in [-0.05, 0) is 48.9 Å². The van der Waals surface area contributed by atoms with Gasteiger partial charge in [0, 0.05) is 30.9 Å². The van der Waals surface area contributed by atoms with Crippen molar-refractivity contribution >= 4 is 28.9 Å². The van der Waals surface area contributed by atoms with Gasteiger partial charge in [0.2, 0.25) is 5.91 Å². The number of carbonyl (C=O) groups excluding carboxylic acids is 1. The van der Waals surface area contributed by atoms with Crippen LogP contribution in [0, 0.1) is 6.92 Å². The highest BCUT2D eigenvalue weighted by atomic mass is 16.5. The van der Waals surface area contributed by atoms with Crippen molar-refractivity contribution in [1.82, 2.24) is 9.97 Å². The standard InChI is InChI=1S/C21H23N5O2/c1-14-23-20(22-13-16-4-10-19(28-3)11-5-16)12-21(24-14)26-18-8-6-17(7-9-18)25-15(2)27/h4-12H,13H2,1-3H3,(H,25,27)(H2,22,23,24,26). The van der Waals surface area contributed by atoms with Crippen molar-refractivity contribution in [1.29, 1.82) is 0 Å². The van der Waals surface area contributed by atoms with E-state index in [1.807, 2.05) is 61.5 Å². The van der Waals surface area contributed by atoms with Crippen LogP contribution in [0.4, 0.5) is 23.0 Å². The Balaban J connectivity index is 1.66. The predicted octanol–water partition coefficient (Wildman–Crippen LogP) is 4.11. The number of anilines is 4. The van der Waals surface area contributed by atoms with Crippen molar-refractivity contribution in [2.24, 2.45) is 0 Å². The van der Waals surface area contributed by atoms with Crippen LogP contribution in [0.1, 0.15) is 18.3 Å². The maximum Gasteiger partial charge on any atom is 0.221 e. The van der Waals surface area contributed by atoms with E-state index in [0.717, 1.165) is 28.5 Å². The van der Waals surface area contributed by atoms with Gasteiger partial charge in [-0.3, -0.25) is 4.79 Å². The number of nitrogens with zero attached hydrogens (tertiary/aromatic N) is 2. The topological polar surface area (TPSA) is 88.2 Å². The molecule has 1 aromatic heterocycles. The summed E-state index contributed by atoms with van der Waals surface area (Å²) in [6.07, 6.45) is 0. The molecule has 0 saturated heterocycles. The molecule has 0 spiro atoms. The van der Waals surface area contributed by atoms with Gasteiger partial charge in [0.1, 0.15) is 23.2 Å². The smallest absolute Gasteiger partial charge is 0.221 e. The summed E-state index contributed by atoms with van der Waals surface area (Å²) in [7, 11) is 1.65. The Hall–Kier alpha value is -3.61. The Morgan fingerprint density at radius 1 is 0.964 bits per heavy atom. The highest BCUT2D eigenvalue weighted by molar-refractivity contribution is 5.88. The van der Waals surface area contributed by atoms with Crippen LogP contribution in [0.15, 0.2) is 54.6 Å². The van der Waals surface area contributed by atoms with E-state index in [0.29, 0.717) is 18.2 Å². The Kier molecular flexibility index (Phi) is 6.06. The fourth-order valence-electron chi connectivity index (χ4n) is 2.65. The van der Waals surface area contributed by atoms with E-state index in [1.54, 1.807) is 7.11 Å². The summed E-state index contributed by atoms with van der Waals surface area (Å²) in [6.45, 7) is 3.98. The van der Waals surface area contributed by atoms with Crippen LogP contribution in [0.5, 0.6) is 5.75 Å². The van der Waals surface area contributed by atoms with Crippen molar-refractivity contribution < 1.29 is 9.53 Å². The molecule has 0 saturated carbocycles. The molecular formula is C21H23N5O2. The first kappa shape index (κ1) is 19.2. The van der Waals surface area contributed by atoms with Crippen LogP contribution in [0.2, 0.25) is 0 Å². The molecule has 7 nitrogen and oxygen atoms in total. The zero-order valence-corrected chi connectivity index (χ0v) is 16.1. The van der Waals surface area contributed by atoms with Gasteiger partial charge in [0.05, 0.1) is 7.11 Å². The Bertz CT molecular complexity index is 940. The SMILES string of the molecule is COc1ccc(CNc2cc(Nc3ccc(NC(C)=O)cc3)nc(C)n2)cc1. The predicted molar refractivity (Wildman–Crippen MR) is 111 cm³/mol. The van der Waals surface area contributed by atoms with E-state index in [-0.39, 0.29) is 5.91 Å². The number of carbonyl (C=O) groups is 1. The number of nitrogens with one attached hydrogen (secondary N) is 3. The monoisotopic (exact) mass is 377 g/mol. The number of aromatic nitrogens is 2. The molecule has 3 N–H and O–H groups in total. The number of amides is 1. The van der Waals surface area contributed by atoms with Crippen LogP contribution in [-0.2, 0) is 11.3 Å².